The van der Waals surface area contributed by atoms with E-state index in [1.807, 2.05) is 22.8 Å². The Balaban J connectivity index is 2.54. The maximum Gasteiger partial charge on any atom is 0.189 e. The van der Waals surface area contributed by atoms with Crippen LogP contribution in [0.2, 0.25) is 0 Å². The fourth-order valence-corrected chi connectivity index (χ4v) is 1.90. The van der Waals surface area contributed by atoms with Gasteiger partial charge in [0.2, 0.25) is 0 Å². The number of aromatic nitrogens is 1. The van der Waals surface area contributed by atoms with Gasteiger partial charge in [-0.3, -0.25) is 4.79 Å². The molecule has 0 aliphatic carbocycles. The molecular weight excluding hydrogens is 270 g/mol. The van der Waals surface area contributed by atoms with Gasteiger partial charge in [0.15, 0.2) is 5.43 Å². The van der Waals surface area contributed by atoms with Crippen LogP contribution in [0, 0.1) is 0 Å². The summed E-state index contributed by atoms with van der Waals surface area (Å²) in [6, 6.07) is 8.95. The summed E-state index contributed by atoms with van der Waals surface area (Å²) in [6.07, 6.45) is 1.27. The number of nitrogens with zero attached hydrogens (tertiary/aromatic N) is 1. The van der Waals surface area contributed by atoms with E-state index in [1.165, 1.54) is 6.07 Å². The number of halogens is 1. The molecule has 1 aromatic heterocycles. The van der Waals surface area contributed by atoms with Gasteiger partial charge in [-0.05, 0) is 12.1 Å². The Labute approximate surface area is 101 Å². The predicted molar refractivity (Wildman–Crippen MR) is 68.0 cm³/mol. The van der Waals surface area contributed by atoms with Gasteiger partial charge in [-0.1, -0.05) is 28.1 Å². The summed E-state index contributed by atoms with van der Waals surface area (Å²) in [6.45, 7) is 0.478. The van der Waals surface area contributed by atoms with Crippen LogP contribution in [0.15, 0.2) is 41.3 Å². The lowest BCUT2D eigenvalue weighted by molar-refractivity contribution is 0.181. The number of rotatable bonds is 3. The second kappa shape index (κ2) is 4.80. The summed E-state index contributed by atoms with van der Waals surface area (Å²) < 4.78 is 1.89. The number of pyridine rings is 1. The van der Waals surface area contributed by atoms with Crippen molar-refractivity contribution in [2.45, 2.75) is 12.6 Å². The van der Waals surface area contributed by atoms with E-state index in [4.69, 9.17) is 0 Å². The van der Waals surface area contributed by atoms with Crippen molar-refractivity contribution in [1.82, 2.24) is 4.57 Å². The highest BCUT2D eigenvalue weighted by Crippen LogP contribution is 2.10. The highest BCUT2D eigenvalue weighted by Gasteiger charge is 2.06. The third kappa shape index (κ3) is 2.18. The third-order valence-electron chi connectivity index (χ3n) is 2.47. The van der Waals surface area contributed by atoms with E-state index in [2.05, 4.69) is 15.9 Å². The molecule has 0 aliphatic heterocycles. The van der Waals surface area contributed by atoms with Gasteiger partial charge in [0.1, 0.15) is 0 Å². The predicted octanol–water partition coefficient (Wildman–Crippen LogP) is 1.76. The quantitative estimate of drug-likeness (QED) is 0.872. The van der Waals surface area contributed by atoms with Crippen molar-refractivity contribution in [3.05, 3.63) is 46.8 Å². The molecule has 0 fully saturated rings. The molecular formula is C12H12BrNO2. The zero-order valence-electron chi connectivity index (χ0n) is 8.64. The van der Waals surface area contributed by atoms with Crippen LogP contribution in [0.25, 0.3) is 10.9 Å². The van der Waals surface area contributed by atoms with Crippen molar-refractivity contribution in [2.24, 2.45) is 0 Å². The standard InChI is InChI=1S/C12H12BrNO2/c13-7-9(15)8-14-6-5-12(16)10-3-1-2-4-11(10)14/h1-6,9,15H,7-8H2. The molecule has 0 saturated heterocycles. The van der Waals surface area contributed by atoms with E-state index in [0.29, 0.717) is 17.3 Å². The topological polar surface area (TPSA) is 42.2 Å². The summed E-state index contributed by atoms with van der Waals surface area (Å²) in [5.74, 6) is 0. The minimum atomic E-state index is -0.453. The van der Waals surface area contributed by atoms with E-state index in [0.717, 1.165) is 5.52 Å². The Morgan fingerprint density at radius 2 is 2.06 bits per heavy atom. The fourth-order valence-electron chi connectivity index (χ4n) is 1.70. The smallest absolute Gasteiger partial charge is 0.189 e. The van der Waals surface area contributed by atoms with Crippen molar-refractivity contribution in [3.8, 4) is 0 Å². The summed E-state index contributed by atoms with van der Waals surface area (Å²) in [5.41, 5.74) is 0.871. The average molecular weight is 282 g/mol. The zero-order valence-corrected chi connectivity index (χ0v) is 10.2. The molecule has 0 aliphatic rings. The van der Waals surface area contributed by atoms with Gasteiger partial charge in [-0.2, -0.15) is 0 Å². The van der Waals surface area contributed by atoms with Gasteiger partial charge < -0.3 is 9.67 Å². The summed E-state index contributed by atoms with van der Waals surface area (Å²) in [5, 5.41) is 10.8. The number of fused-ring (bicyclic) bond motifs is 1. The van der Waals surface area contributed by atoms with Gasteiger partial charge in [-0.25, -0.2) is 0 Å². The van der Waals surface area contributed by atoms with Gasteiger partial charge in [-0.15, -0.1) is 0 Å². The SMILES string of the molecule is O=c1ccn(CC(O)CBr)c2ccccc12. The van der Waals surface area contributed by atoms with Crippen molar-refractivity contribution in [2.75, 3.05) is 5.33 Å². The molecule has 16 heavy (non-hydrogen) atoms. The number of hydrogen-bond donors (Lipinski definition) is 1. The van der Waals surface area contributed by atoms with E-state index >= 15 is 0 Å². The molecule has 2 aromatic rings. The van der Waals surface area contributed by atoms with Crippen molar-refractivity contribution in [1.29, 1.82) is 0 Å². The lowest BCUT2D eigenvalue weighted by atomic mass is 10.2. The third-order valence-corrected chi connectivity index (χ3v) is 3.22. The molecule has 0 amide bonds. The summed E-state index contributed by atoms with van der Waals surface area (Å²) >= 11 is 3.23. The van der Waals surface area contributed by atoms with Crippen LogP contribution in [0.1, 0.15) is 0 Å². The summed E-state index contributed by atoms with van der Waals surface area (Å²) in [4.78, 5) is 11.6. The van der Waals surface area contributed by atoms with E-state index in [1.54, 1.807) is 12.3 Å². The van der Waals surface area contributed by atoms with Crippen LogP contribution in [0.5, 0.6) is 0 Å². The minimum Gasteiger partial charge on any atom is -0.390 e. The van der Waals surface area contributed by atoms with Gasteiger partial charge in [0.05, 0.1) is 11.6 Å². The first-order chi connectivity index (χ1) is 7.72. The fraction of sp³-hybridized carbons (Fsp3) is 0.250. The second-order valence-corrected chi connectivity index (χ2v) is 4.31. The molecule has 3 nitrogen and oxygen atoms in total. The summed E-state index contributed by atoms with van der Waals surface area (Å²) in [7, 11) is 0. The number of para-hydroxylation sites is 1. The molecule has 1 atom stereocenters. The first kappa shape index (κ1) is 11.4. The van der Waals surface area contributed by atoms with E-state index in [9.17, 15) is 9.90 Å². The van der Waals surface area contributed by atoms with Crippen molar-refractivity contribution in [3.63, 3.8) is 0 Å². The molecule has 0 spiro atoms. The normalized spacial score (nSPS) is 12.9. The highest BCUT2D eigenvalue weighted by molar-refractivity contribution is 9.09. The lowest BCUT2D eigenvalue weighted by Gasteiger charge is -2.13. The molecule has 0 bridgehead atoms. The molecule has 0 radical (unpaired) electrons. The van der Waals surface area contributed by atoms with Crippen LogP contribution in [-0.4, -0.2) is 21.1 Å². The molecule has 4 heteroatoms. The molecule has 1 N–H and O–H groups in total. The lowest BCUT2D eigenvalue weighted by Crippen LogP contribution is -2.19. The van der Waals surface area contributed by atoms with Gasteiger partial charge >= 0.3 is 0 Å². The number of aliphatic hydroxyl groups excluding tert-OH is 1. The number of benzene rings is 1. The Hall–Kier alpha value is -1.13. The van der Waals surface area contributed by atoms with Crippen LogP contribution < -0.4 is 5.43 Å². The van der Waals surface area contributed by atoms with Crippen LogP contribution in [0.3, 0.4) is 0 Å². The molecule has 1 heterocycles. The largest absolute Gasteiger partial charge is 0.390 e. The Morgan fingerprint density at radius 3 is 2.81 bits per heavy atom. The number of aliphatic hydroxyl groups is 1. The maximum absolute atomic E-state index is 11.6. The molecule has 1 aromatic carbocycles. The van der Waals surface area contributed by atoms with Gasteiger partial charge in [0, 0.05) is 29.5 Å². The van der Waals surface area contributed by atoms with Crippen LogP contribution in [0.4, 0.5) is 0 Å². The van der Waals surface area contributed by atoms with E-state index in [-0.39, 0.29) is 5.43 Å². The number of hydrogen-bond acceptors (Lipinski definition) is 2. The van der Waals surface area contributed by atoms with Crippen molar-refractivity contribution >= 4 is 26.8 Å². The Kier molecular flexibility index (Phi) is 3.41. The second-order valence-electron chi connectivity index (χ2n) is 3.66. The first-order valence-corrected chi connectivity index (χ1v) is 6.16. The number of alkyl halides is 1. The monoisotopic (exact) mass is 281 g/mol. The molecule has 84 valence electrons. The van der Waals surface area contributed by atoms with Crippen LogP contribution in [-0.2, 0) is 6.54 Å². The van der Waals surface area contributed by atoms with E-state index < -0.39 is 6.10 Å². The van der Waals surface area contributed by atoms with Gasteiger partial charge in [0.25, 0.3) is 0 Å². The van der Waals surface area contributed by atoms with Crippen molar-refractivity contribution < 1.29 is 5.11 Å². The molecule has 2 rings (SSSR count). The molecule has 0 saturated carbocycles. The minimum absolute atomic E-state index is 0.0141. The Morgan fingerprint density at radius 1 is 1.31 bits per heavy atom. The average Bonchev–Trinajstić information content (AvgIpc) is 2.33. The zero-order chi connectivity index (χ0) is 11.5. The maximum atomic E-state index is 11.6. The Bertz CT molecular complexity index is 550. The molecule has 1 unspecified atom stereocenters. The first-order valence-electron chi connectivity index (χ1n) is 5.04. The highest BCUT2D eigenvalue weighted by atomic mass is 79.9. The van der Waals surface area contributed by atoms with Crippen LogP contribution >= 0.6 is 15.9 Å².